The van der Waals surface area contributed by atoms with Crippen molar-refractivity contribution >= 4 is 11.6 Å². The molecule has 0 unspecified atom stereocenters. The van der Waals surface area contributed by atoms with Crippen LogP contribution in [-0.2, 0) is 0 Å². The van der Waals surface area contributed by atoms with Crippen LogP contribution >= 0.6 is 0 Å². The Morgan fingerprint density at radius 3 is 2.68 bits per heavy atom. The summed E-state index contributed by atoms with van der Waals surface area (Å²) < 4.78 is 5.05. The van der Waals surface area contributed by atoms with E-state index in [-0.39, 0.29) is 12.5 Å². The van der Waals surface area contributed by atoms with Crippen molar-refractivity contribution in [3.63, 3.8) is 0 Å². The summed E-state index contributed by atoms with van der Waals surface area (Å²) in [6.07, 6.45) is 2.55. The highest BCUT2D eigenvalue weighted by Crippen LogP contribution is 2.20. The maximum atomic E-state index is 12.2. The van der Waals surface area contributed by atoms with Gasteiger partial charge in [-0.3, -0.25) is 4.79 Å². The molecule has 5 nitrogen and oxygen atoms in total. The van der Waals surface area contributed by atoms with Crippen LogP contribution in [0.4, 0.5) is 5.69 Å². The number of methoxy groups -OCH3 is 1. The molecule has 1 amide bonds. The topological polar surface area (TPSA) is 75.8 Å². The number of rotatable bonds is 7. The molecule has 1 aromatic rings. The average molecular weight is 266 g/mol. The van der Waals surface area contributed by atoms with E-state index in [1.54, 1.807) is 37.3 Å². The third-order valence-corrected chi connectivity index (χ3v) is 2.99. The number of nitrogens with two attached hydrogens (primary N) is 1. The number of anilines is 1. The first-order valence-electron chi connectivity index (χ1n) is 6.40. The summed E-state index contributed by atoms with van der Waals surface area (Å²) >= 11 is 0. The number of aliphatic hydroxyl groups excluding tert-OH is 1. The molecule has 3 N–H and O–H groups in total. The van der Waals surface area contributed by atoms with E-state index in [1.165, 1.54) is 0 Å². The maximum Gasteiger partial charge on any atom is 0.255 e. The lowest BCUT2D eigenvalue weighted by molar-refractivity contribution is 0.0793. The number of aliphatic hydroxyl groups is 1. The first-order chi connectivity index (χ1) is 9.10. The van der Waals surface area contributed by atoms with E-state index in [2.05, 4.69) is 0 Å². The van der Waals surface area contributed by atoms with Gasteiger partial charge in [-0.05, 0) is 31.4 Å². The highest BCUT2D eigenvalue weighted by atomic mass is 16.5. The molecule has 1 rings (SSSR count). The molecule has 0 spiro atoms. The van der Waals surface area contributed by atoms with Gasteiger partial charge in [-0.2, -0.15) is 0 Å². The lowest BCUT2D eigenvalue weighted by atomic mass is 10.1. The summed E-state index contributed by atoms with van der Waals surface area (Å²) in [5.41, 5.74) is 6.77. The van der Waals surface area contributed by atoms with Crippen molar-refractivity contribution in [1.29, 1.82) is 0 Å². The predicted molar refractivity (Wildman–Crippen MR) is 75.3 cm³/mol. The number of nitrogen functional groups attached to an aromatic ring is 1. The first-order valence-corrected chi connectivity index (χ1v) is 6.40. The fourth-order valence-corrected chi connectivity index (χ4v) is 1.81. The molecule has 5 heteroatoms. The number of nitrogens with zero attached hydrogens (tertiary/aromatic N) is 1. The summed E-state index contributed by atoms with van der Waals surface area (Å²) in [6.45, 7) is 0.855. The number of benzene rings is 1. The van der Waals surface area contributed by atoms with Crippen LogP contribution in [0.5, 0.6) is 5.75 Å². The largest absolute Gasteiger partial charge is 0.497 e. The van der Waals surface area contributed by atoms with Crippen molar-refractivity contribution in [2.45, 2.75) is 19.3 Å². The molecule has 106 valence electrons. The van der Waals surface area contributed by atoms with Crippen LogP contribution in [0, 0.1) is 0 Å². The van der Waals surface area contributed by atoms with Crippen molar-refractivity contribution in [2.24, 2.45) is 0 Å². The number of carbonyl (C=O) groups is 1. The van der Waals surface area contributed by atoms with Crippen LogP contribution in [-0.4, -0.2) is 43.2 Å². The number of amides is 1. The Balaban J connectivity index is 2.61. The van der Waals surface area contributed by atoms with E-state index in [4.69, 9.17) is 15.6 Å². The van der Waals surface area contributed by atoms with Crippen LogP contribution in [0.3, 0.4) is 0 Å². The Hall–Kier alpha value is -1.75. The fourth-order valence-electron chi connectivity index (χ4n) is 1.81. The molecule has 1 aromatic carbocycles. The summed E-state index contributed by atoms with van der Waals surface area (Å²) in [7, 11) is 3.31. The SMILES string of the molecule is COc1ccc(C(=O)N(C)CCCCCO)c(N)c1. The Bertz CT molecular complexity index is 421. The quantitative estimate of drug-likeness (QED) is 0.579. The number of carbonyl (C=O) groups excluding carboxylic acids is 1. The minimum Gasteiger partial charge on any atom is -0.497 e. The minimum absolute atomic E-state index is 0.0934. The van der Waals surface area contributed by atoms with Crippen LogP contribution in [0.15, 0.2) is 18.2 Å². The molecule has 0 aliphatic heterocycles. The van der Waals surface area contributed by atoms with Gasteiger partial charge in [0.15, 0.2) is 0 Å². The molecule has 0 aliphatic rings. The van der Waals surface area contributed by atoms with E-state index < -0.39 is 0 Å². The standard InChI is InChI=1S/C14H22N2O3/c1-16(8-4-3-5-9-17)14(18)12-7-6-11(19-2)10-13(12)15/h6-7,10,17H,3-5,8-9,15H2,1-2H3. The zero-order valence-electron chi connectivity index (χ0n) is 11.6. The number of hydrogen-bond acceptors (Lipinski definition) is 4. The molecule has 0 bridgehead atoms. The number of ether oxygens (including phenoxy) is 1. The molecule has 0 radical (unpaired) electrons. The van der Waals surface area contributed by atoms with Gasteiger partial charge in [0.2, 0.25) is 0 Å². The summed E-state index contributed by atoms with van der Waals surface area (Å²) in [6, 6.07) is 5.05. The van der Waals surface area contributed by atoms with Gasteiger partial charge in [0.05, 0.1) is 12.7 Å². The van der Waals surface area contributed by atoms with Gasteiger partial charge in [0.25, 0.3) is 5.91 Å². The Morgan fingerprint density at radius 2 is 2.11 bits per heavy atom. The van der Waals surface area contributed by atoms with Gasteiger partial charge in [-0.1, -0.05) is 0 Å². The molecule has 0 aromatic heterocycles. The third kappa shape index (κ3) is 4.44. The smallest absolute Gasteiger partial charge is 0.255 e. The fraction of sp³-hybridized carbons (Fsp3) is 0.500. The van der Waals surface area contributed by atoms with E-state index in [1.807, 2.05) is 0 Å². The first kappa shape index (κ1) is 15.3. The van der Waals surface area contributed by atoms with Gasteiger partial charge in [-0.15, -0.1) is 0 Å². The van der Waals surface area contributed by atoms with Crippen LogP contribution in [0.2, 0.25) is 0 Å². The third-order valence-electron chi connectivity index (χ3n) is 2.99. The van der Waals surface area contributed by atoms with Crippen molar-refractivity contribution < 1.29 is 14.6 Å². The zero-order chi connectivity index (χ0) is 14.3. The normalized spacial score (nSPS) is 10.3. The lowest BCUT2D eigenvalue weighted by Crippen LogP contribution is -2.28. The summed E-state index contributed by atoms with van der Waals surface area (Å²) in [5, 5.41) is 8.70. The number of hydrogen-bond donors (Lipinski definition) is 2. The molecule has 0 fully saturated rings. The van der Waals surface area contributed by atoms with Gasteiger partial charge in [0, 0.05) is 32.0 Å². The van der Waals surface area contributed by atoms with Crippen LogP contribution in [0.25, 0.3) is 0 Å². The Kier molecular flexibility index (Phi) is 6.15. The molecule has 0 atom stereocenters. The minimum atomic E-state index is -0.0934. The predicted octanol–water partition coefficient (Wildman–Crippen LogP) is 1.51. The second-order valence-electron chi connectivity index (χ2n) is 4.46. The summed E-state index contributed by atoms with van der Waals surface area (Å²) in [5.74, 6) is 0.545. The highest BCUT2D eigenvalue weighted by molar-refractivity contribution is 5.99. The summed E-state index contributed by atoms with van der Waals surface area (Å²) in [4.78, 5) is 13.8. The van der Waals surface area contributed by atoms with Crippen molar-refractivity contribution in [2.75, 3.05) is 33.0 Å². The van der Waals surface area contributed by atoms with E-state index in [0.29, 0.717) is 23.5 Å². The second kappa shape index (κ2) is 7.63. The number of unbranched alkanes of at least 4 members (excludes halogenated alkanes) is 2. The Labute approximate surface area is 114 Å². The zero-order valence-corrected chi connectivity index (χ0v) is 11.6. The van der Waals surface area contributed by atoms with Crippen molar-refractivity contribution in [1.82, 2.24) is 4.90 Å². The molecule has 0 saturated heterocycles. The molecule has 0 saturated carbocycles. The van der Waals surface area contributed by atoms with Crippen molar-refractivity contribution in [3.8, 4) is 5.75 Å². The molecule has 19 heavy (non-hydrogen) atoms. The molecule has 0 heterocycles. The monoisotopic (exact) mass is 266 g/mol. The molecular weight excluding hydrogens is 244 g/mol. The second-order valence-corrected chi connectivity index (χ2v) is 4.46. The van der Waals surface area contributed by atoms with Gasteiger partial charge >= 0.3 is 0 Å². The average Bonchev–Trinajstić information content (AvgIpc) is 2.42. The van der Waals surface area contributed by atoms with E-state index in [0.717, 1.165) is 19.3 Å². The van der Waals surface area contributed by atoms with Crippen LogP contribution < -0.4 is 10.5 Å². The van der Waals surface area contributed by atoms with E-state index in [9.17, 15) is 4.79 Å². The highest BCUT2D eigenvalue weighted by Gasteiger charge is 2.14. The van der Waals surface area contributed by atoms with Gasteiger partial charge < -0.3 is 20.5 Å². The lowest BCUT2D eigenvalue weighted by Gasteiger charge is -2.18. The van der Waals surface area contributed by atoms with Gasteiger partial charge in [-0.25, -0.2) is 0 Å². The van der Waals surface area contributed by atoms with Gasteiger partial charge in [0.1, 0.15) is 5.75 Å². The van der Waals surface area contributed by atoms with Crippen molar-refractivity contribution in [3.05, 3.63) is 23.8 Å². The maximum absolute atomic E-state index is 12.2. The molecule has 0 aliphatic carbocycles. The Morgan fingerprint density at radius 1 is 1.37 bits per heavy atom. The molecular formula is C14H22N2O3. The van der Waals surface area contributed by atoms with E-state index >= 15 is 0 Å². The van der Waals surface area contributed by atoms with Crippen LogP contribution in [0.1, 0.15) is 29.6 Å².